The number of alkyl halides is 3. The number of halogens is 4. The molecule has 1 aromatic heterocycles. The molecule has 1 aromatic carbocycles. The fraction of sp³-hybridized carbons (Fsp3) is 0.182. The van der Waals surface area contributed by atoms with Gasteiger partial charge in [0.2, 0.25) is 0 Å². The van der Waals surface area contributed by atoms with E-state index in [1.807, 2.05) is 0 Å². The number of hydrogen-bond acceptors (Lipinski definition) is 4. The Morgan fingerprint density at radius 2 is 1.95 bits per heavy atom. The molecular weight excluding hydrogens is 329 g/mol. The van der Waals surface area contributed by atoms with Crippen LogP contribution in [0.4, 0.5) is 13.2 Å². The quantitative estimate of drug-likeness (QED) is 0.751. The van der Waals surface area contributed by atoms with Crippen molar-refractivity contribution in [3.8, 4) is 0 Å². The highest BCUT2D eigenvalue weighted by Crippen LogP contribution is 2.33. The van der Waals surface area contributed by atoms with Crippen LogP contribution in [0.5, 0.6) is 0 Å². The molecule has 0 saturated heterocycles. The summed E-state index contributed by atoms with van der Waals surface area (Å²) in [4.78, 5) is 18.5. The summed E-state index contributed by atoms with van der Waals surface area (Å²) < 4.78 is 42.0. The van der Waals surface area contributed by atoms with Gasteiger partial charge in [-0.05, 0) is 34.1 Å². The van der Waals surface area contributed by atoms with Gasteiger partial charge < -0.3 is 4.74 Å². The number of nitrogens with zero attached hydrogens (tertiary/aromatic N) is 2. The van der Waals surface area contributed by atoms with E-state index in [4.69, 9.17) is 0 Å². The van der Waals surface area contributed by atoms with Crippen molar-refractivity contribution in [3.63, 3.8) is 0 Å². The van der Waals surface area contributed by atoms with Gasteiger partial charge in [-0.2, -0.15) is 13.2 Å². The molecule has 0 radical (unpaired) electrons. The van der Waals surface area contributed by atoms with Crippen molar-refractivity contribution < 1.29 is 22.7 Å². The Balaban J connectivity index is 2.62. The molecule has 19 heavy (non-hydrogen) atoms. The van der Waals surface area contributed by atoms with E-state index in [0.29, 0.717) is 0 Å². The van der Waals surface area contributed by atoms with Gasteiger partial charge in [0.1, 0.15) is 4.60 Å². The Bertz CT molecular complexity index is 658. The van der Waals surface area contributed by atoms with E-state index in [2.05, 4.69) is 30.6 Å². The lowest BCUT2D eigenvalue weighted by Crippen LogP contribution is -2.10. The number of carbonyl (C=O) groups excluding carboxylic acids is 1. The minimum atomic E-state index is -4.60. The lowest BCUT2D eigenvalue weighted by atomic mass is 10.2. The second kappa shape index (κ2) is 4.76. The third-order valence-corrected chi connectivity index (χ3v) is 2.86. The smallest absolute Gasteiger partial charge is 0.436 e. The van der Waals surface area contributed by atoms with Gasteiger partial charge in [-0.3, -0.25) is 0 Å². The van der Waals surface area contributed by atoms with E-state index in [9.17, 15) is 18.0 Å². The van der Waals surface area contributed by atoms with E-state index in [0.717, 1.165) is 0 Å². The van der Waals surface area contributed by atoms with E-state index < -0.39 is 22.4 Å². The van der Waals surface area contributed by atoms with Gasteiger partial charge in [-0.25, -0.2) is 14.8 Å². The number of rotatable bonds is 1. The van der Waals surface area contributed by atoms with Crippen LogP contribution >= 0.6 is 15.9 Å². The summed E-state index contributed by atoms with van der Waals surface area (Å²) in [5.74, 6) is -0.597. The first kappa shape index (κ1) is 13.7. The van der Waals surface area contributed by atoms with Crippen molar-refractivity contribution >= 4 is 32.9 Å². The molecule has 0 N–H and O–H groups in total. The van der Waals surface area contributed by atoms with Crippen molar-refractivity contribution in [2.24, 2.45) is 0 Å². The first-order valence-electron chi connectivity index (χ1n) is 4.95. The van der Waals surface area contributed by atoms with Gasteiger partial charge in [-0.15, -0.1) is 0 Å². The third-order valence-electron chi connectivity index (χ3n) is 2.31. The summed E-state index contributed by atoms with van der Waals surface area (Å²) >= 11 is 2.72. The minimum absolute atomic E-state index is 0.0446. The molecule has 0 atom stereocenters. The first-order chi connectivity index (χ1) is 8.82. The minimum Gasteiger partial charge on any atom is -0.465 e. The molecule has 4 nitrogen and oxygen atoms in total. The van der Waals surface area contributed by atoms with Crippen molar-refractivity contribution in [3.05, 3.63) is 34.1 Å². The van der Waals surface area contributed by atoms with Crippen LogP contribution in [0, 0.1) is 0 Å². The standard InChI is InChI=1S/C11H6BrF3N2O2/c1-19-10(18)5-2-3-6-7(4-5)17-9(12)8(16-6)11(13,14)15/h2-4H,1H3. The molecule has 2 aromatic rings. The van der Waals surface area contributed by atoms with Gasteiger partial charge in [0, 0.05) is 0 Å². The van der Waals surface area contributed by atoms with Crippen molar-refractivity contribution in [1.82, 2.24) is 9.97 Å². The molecule has 1 heterocycles. The number of fused-ring (bicyclic) bond motifs is 1. The maximum Gasteiger partial charge on any atom is 0.436 e. The second-order valence-electron chi connectivity index (χ2n) is 3.56. The van der Waals surface area contributed by atoms with Crippen LogP contribution in [-0.4, -0.2) is 23.0 Å². The first-order valence-corrected chi connectivity index (χ1v) is 5.75. The number of esters is 1. The van der Waals surface area contributed by atoms with Crippen LogP contribution in [0.1, 0.15) is 16.1 Å². The molecule has 100 valence electrons. The summed E-state index contributed by atoms with van der Waals surface area (Å²) in [5, 5.41) is 0. The molecule has 0 amide bonds. The Labute approximate surface area is 113 Å². The predicted octanol–water partition coefficient (Wildman–Crippen LogP) is 3.20. The summed E-state index contributed by atoms with van der Waals surface area (Å²) in [7, 11) is 1.21. The predicted molar refractivity (Wildman–Crippen MR) is 63.6 cm³/mol. The second-order valence-corrected chi connectivity index (χ2v) is 4.31. The van der Waals surface area contributed by atoms with Crippen molar-refractivity contribution in [1.29, 1.82) is 0 Å². The van der Waals surface area contributed by atoms with E-state index in [-0.39, 0.29) is 16.6 Å². The summed E-state index contributed by atoms with van der Waals surface area (Å²) in [6.07, 6.45) is -4.60. The average molecular weight is 335 g/mol. The Kier molecular flexibility index (Phi) is 3.44. The van der Waals surface area contributed by atoms with E-state index in [1.54, 1.807) is 0 Å². The maximum atomic E-state index is 12.6. The Morgan fingerprint density at radius 1 is 1.26 bits per heavy atom. The molecule has 0 unspecified atom stereocenters. The highest BCUT2D eigenvalue weighted by atomic mass is 79.9. The van der Waals surface area contributed by atoms with E-state index >= 15 is 0 Å². The molecule has 0 spiro atoms. The SMILES string of the molecule is COC(=O)c1ccc2nc(C(F)(F)F)c(Br)nc2c1. The van der Waals surface area contributed by atoms with Crippen LogP contribution in [0.3, 0.4) is 0 Å². The van der Waals surface area contributed by atoms with Crippen LogP contribution in [0.2, 0.25) is 0 Å². The van der Waals surface area contributed by atoms with E-state index in [1.165, 1.54) is 25.3 Å². The molecular formula is C11H6BrF3N2O2. The van der Waals surface area contributed by atoms with Crippen LogP contribution in [0.15, 0.2) is 22.8 Å². The highest BCUT2D eigenvalue weighted by Gasteiger charge is 2.36. The Hall–Kier alpha value is -1.70. The average Bonchev–Trinajstić information content (AvgIpc) is 2.35. The number of ether oxygens (including phenoxy) is 1. The zero-order valence-corrected chi connectivity index (χ0v) is 11.0. The fourth-order valence-corrected chi connectivity index (χ4v) is 1.96. The van der Waals surface area contributed by atoms with Gasteiger partial charge >= 0.3 is 12.1 Å². The molecule has 0 bridgehead atoms. The largest absolute Gasteiger partial charge is 0.465 e. The van der Waals surface area contributed by atoms with Gasteiger partial charge in [0.15, 0.2) is 5.69 Å². The monoisotopic (exact) mass is 334 g/mol. The molecule has 2 rings (SSSR count). The van der Waals surface area contributed by atoms with Gasteiger partial charge in [0.25, 0.3) is 0 Å². The fourth-order valence-electron chi connectivity index (χ4n) is 1.46. The molecule has 0 aliphatic heterocycles. The summed E-state index contributed by atoms with van der Waals surface area (Å²) in [6.45, 7) is 0. The molecule has 0 fully saturated rings. The number of hydrogen-bond donors (Lipinski definition) is 0. The number of benzene rings is 1. The van der Waals surface area contributed by atoms with Crippen LogP contribution < -0.4 is 0 Å². The molecule has 0 aliphatic rings. The molecule has 8 heteroatoms. The molecule has 0 aliphatic carbocycles. The van der Waals surface area contributed by atoms with Crippen LogP contribution in [0.25, 0.3) is 11.0 Å². The van der Waals surface area contributed by atoms with Crippen molar-refractivity contribution in [2.45, 2.75) is 6.18 Å². The summed E-state index contributed by atoms with van der Waals surface area (Å²) in [5.41, 5.74) is -0.701. The lowest BCUT2D eigenvalue weighted by molar-refractivity contribution is -0.141. The third kappa shape index (κ3) is 2.67. The topological polar surface area (TPSA) is 52.1 Å². The Morgan fingerprint density at radius 3 is 2.53 bits per heavy atom. The van der Waals surface area contributed by atoms with Gasteiger partial charge in [-0.1, -0.05) is 0 Å². The normalized spacial score (nSPS) is 11.6. The maximum absolute atomic E-state index is 12.6. The number of aromatic nitrogens is 2. The lowest BCUT2D eigenvalue weighted by Gasteiger charge is -2.09. The highest BCUT2D eigenvalue weighted by molar-refractivity contribution is 9.10. The number of methoxy groups -OCH3 is 1. The van der Waals surface area contributed by atoms with Crippen molar-refractivity contribution in [2.75, 3.05) is 7.11 Å². The zero-order chi connectivity index (χ0) is 14.2. The van der Waals surface area contributed by atoms with Gasteiger partial charge in [0.05, 0.1) is 23.7 Å². The summed E-state index contributed by atoms with van der Waals surface area (Å²) in [6, 6.07) is 3.94. The van der Waals surface area contributed by atoms with Crippen LogP contribution in [-0.2, 0) is 10.9 Å². The number of carbonyl (C=O) groups is 1. The zero-order valence-electron chi connectivity index (χ0n) is 9.45. The molecule has 0 saturated carbocycles.